The summed E-state index contributed by atoms with van der Waals surface area (Å²) in [6.07, 6.45) is 3.69. The molecule has 0 aromatic carbocycles. The van der Waals surface area contributed by atoms with Crippen molar-refractivity contribution in [2.24, 2.45) is 0 Å². The largest absolute Gasteiger partial charge is 0.478 e. The molecule has 0 aromatic rings. The zero-order valence-electron chi connectivity index (χ0n) is 6.54. The molecule has 1 aliphatic heterocycles. The molecule has 1 saturated heterocycles. The quantitative estimate of drug-likeness (QED) is 0.611. The maximum atomic E-state index is 10.4. The van der Waals surface area contributed by atoms with Crippen molar-refractivity contribution in [2.75, 3.05) is 6.61 Å². The van der Waals surface area contributed by atoms with Gasteiger partial charge in [0.25, 0.3) is 0 Å². The Kier molecular flexibility index (Phi) is 2.65. The van der Waals surface area contributed by atoms with Crippen LogP contribution < -0.4 is 0 Å². The Balaban J connectivity index is 2.49. The molecular formula is C8H12O3. The minimum Gasteiger partial charge on any atom is -0.478 e. The van der Waals surface area contributed by atoms with E-state index in [4.69, 9.17) is 9.84 Å². The topological polar surface area (TPSA) is 46.5 Å². The summed E-state index contributed by atoms with van der Waals surface area (Å²) in [6, 6.07) is 0. The van der Waals surface area contributed by atoms with Crippen molar-refractivity contribution in [2.45, 2.75) is 25.9 Å². The molecule has 11 heavy (non-hydrogen) atoms. The SMILES string of the molecule is C/C(=C/C1CCCO1)C(=O)O. The van der Waals surface area contributed by atoms with Crippen LogP contribution in [-0.4, -0.2) is 23.8 Å². The second kappa shape index (κ2) is 3.53. The van der Waals surface area contributed by atoms with Gasteiger partial charge >= 0.3 is 5.97 Å². The van der Waals surface area contributed by atoms with Gasteiger partial charge in [0.1, 0.15) is 0 Å². The monoisotopic (exact) mass is 156 g/mol. The minimum atomic E-state index is -0.861. The van der Waals surface area contributed by atoms with Crippen LogP contribution in [0.15, 0.2) is 11.6 Å². The maximum absolute atomic E-state index is 10.4. The lowest BCUT2D eigenvalue weighted by Gasteiger charge is -2.02. The third-order valence-corrected chi connectivity index (χ3v) is 1.74. The zero-order chi connectivity index (χ0) is 8.27. The second-order valence-corrected chi connectivity index (χ2v) is 2.71. The van der Waals surface area contributed by atoms with E-state index in [-0.39, 0.29) is 6.10 Å². The van der Waals surface area contributed by atoms with Gasteiger partial charge in [0.05, 0.1) is 6.10 Å². The van der Waals surface area contributed by atoms with E-state index in [1.165, 1.54) is 0 Å². The van der Waals surface area contributed by atoms with E-state index >= 15 is 0 Å². The normalized spacial score (nSPS) is 25.5. The van der Waals surface area contributed by atoms with Crippen molar-refractivity contribution < 1.29 is 14.6 Å². The summed E-state index contributed by atoms with van der Waals surface area (Å²) in [5, 5.41) is 8.52. The fourth-order valence-electron chi connectivity index (χ4n) is 1.08. The Bertz CT molecular complexity index is 178. The highest BCUT2D eigenvalue weighted by Gasteiger charge is 2.14. The van der Waals surface area contributed by atoms with Crippen LogP contribution >= 0.6 is 0 Å². The summed E-state index contributed by atoms with van der Waals surface area (Å²) in [5.41, 5.74) is 0.372. The molecule has 0 saturated carbocycles. The van der Waals surface area contributed by atoms with Crippen LogP contribution in [0.25, 0.3) is 0 Å². The molecule has 1 aliphatic rings. The van der Waals surface area contributed by atoms with E-state index in [0.29, 0.717) is 5.57 Å². The first kappa shape index (κ1) is 8.27. The third kappa shape index (κ3) is 2.35. The van der Waals surface area contributed by atoms with Crippen molar-refractivity contribution in [3.8, 4) is 0 Å². The lowest BCUT2D eigenvalue weighted by atomic mass is 10.2. The second-order valence-electron chi connectivity index (χ2n) is 2.71. The standard InChI is InChI=1S/C8H12O3/c1-6(8(9)10)5-7-3-2-4-11-7/h5,7H,2-4H2,1H3,(H,9,10)/b6-5-. The van der Waals surface area contributed by atoms with Gasteiger partial charge in [-0.25, -0.2) is 4.79 Å². The predicted octanol–water partition coefficient (Wildman–Crippen LogP) is 1.20. The Morgan fingerprint density at radius 3 is 2.91 bits per heavy atom. The van der Waals surface area contributed by atoms with Gasteiger partial charge in [-0.1, -0.05) is 0 Å². The number of rotatable bonds is 2. The number of hydrogen-bond donors (Lipinski definition) is 1. The van der Waals surface area contributed by atoms with Crippen LogP contribution in [0, 0.1) is 0 Å². The van der Waals surface area contributed by atoms with E-state index in [1.807, 2.05) is 0 Å². The molecule has 0 aliphatic carbocycles. The smallest absolute Gasteiger partial charge is 0.331 e. The number of ether oxygens (including phenoxy) is 1. The van der Waals surface area contributed by atoms with Crippen molar-refractivity contribution >= 4 is 5.97 Å². The summed E-state index contributed by atoms with van der Waals surface area (Å²) < 4.78 is 5.23. The van der Waals surface area contributed by atoms with E-state index in [0.717, 1.165) is 19.4 Å². The fraction of sp³-hybridized carbons (Fsp3) is 0.625. The van der Waals surface area contributed by atoms with Crippen molar-refractivity contribution in [3.63, 3.8) is 0 Å². The van der Waals surface area contributed by atoms with Gasteiger partial charge in [-0.05, 0) is 25.8 Å². The van der Waals surface area contributed by atoms with Gasteiger partial charge in [0, 0.05) is 12.2 Å². The average molecular weight is 156 g/mol. The highest BCUT2D eigenvalue weighted by molar-refractivity contribution is 5.85. The van der Waals surface area contributed by atoms with Crippen LogP contribution in [0.4, 0.5) is 0 Å². The molecule has 1 rings (SSSR count). The molecule has 0 aromatic heterocycles. The maximum Gasteiger partial charge on any atom is 0.331 e. The summed E-state index contributed by atoms with van der Waals surface area (Å²) in [5.74, 6) is -0.861. The van der Waals surface area contributed by atoms with Crippen LogP contribution in [0.1, 0.15) is 19.8 Å². The molecule has 1 N–H and O–H groups in total. The number of carboxylic acid groups (broad SMARTS) is 1. The first-order chi connectivity index (χ1) is 5.20. The van der Waals surface area contributed by atoms with E-state index < -0.39 is 5.97 Å². The molecule has 0 spiro atoms. The number of carbonyl (C=O) groups is 1. The van der Waals surface area contributed by atoms with Crippen molar-refractivity contribution in [3.05, 3.63) is 11.6 Å². The van der Waals surface area contributed by atoms with E-state index in [2.05, 4.69) is 0 Å². The van der Waals surface area contributed by atoms with E-state index in [9.17, 15) is 4.79 Å². The van der Waals surface area contributed by atoms with Crippen LogP contribution in [0.5, 0.6) is 0 Å². The summed E-state index contributed by atoms with van der Waals surface area (Å²) in [7, 11) is 0. The Morgan fingerprint density at radius 1 is 1.73 bits per heavy atom. The molecule has 1 fully saturated rings. The molecule has 1 unspecified atom stereocenters. The number of carboxylic acids is 1. The van der Waals surface area contributed by atoms with Crippen LogP contribution in [0.2, 0.25) is 0 Å². The summed E-state index contributed by atoms with van der Waals surface area (Å²) in [6.45, 7) is 2.35. The van der Waals surface area contributed by atoms with Crippen LogP contribution in [-0.2, 0) is 9.53 Å². The van der Waals surface area contributed by atoms with Crippen LogP contribution in [0.3, 0.4) is 0 Å². The fourth-order valence-corrected chi connectivity index (χ4v) is 1.08. The van der Waals surface area contributed by atoms with Gasteiger partial charge in [0.2, 0.25) is 0 Å². The molecule has 3 heteroatoms. The highest BCUT2D eigenvalue weighted by atomic mass is 16.5. The van der Waals surface area contributed by atoms with Gasteiger partial charge in [-0.15, -0.1) is 0 Å². The average Bonchev–Trinajstić information content (AvgIpc) is 2.39. The van der Waals surface area contributed by atoms with Gasteiger partial charge < -0.3 is 9.84 Å². The van der Waals surface area contributed by atoms with E-state index in [1.54, 1.807) is 13.0 Å². The molecule has 0 radical (unpaired) electrons. The first-order valence-electron chi connectivity index (χ1n) is 3.73. The highest BCUT2D eigenvalue weighted by Crippen LogP contribution is 2.14. The Hall–Kier alpha value is -0.830. The van der Waals surface area contributed by atoms with Gasteiger partial charge in [-0.3, -0.25) is 0 Å². The molecule has 0 bridgehead atoms. The molecule has 62 valence electrons. The number of aliphatic carboxylic acids is 1. The molecule has 1 atom stereocenters. The first-order valence-corrected chi connectivity index (χ1v) is 3.73. The lowest BCUT2D eigenvalue weighted by Crippen LogP contribution is -2.05. The lowest BCUT2D eigenvalue weighted by molar-refractivity contribution is -0.132. The third-order valence-electron chi connectivity index (χ3n) is 1.74. The van der Waals surface area contributed by atoms with Crippen molar-refractivity contribution in [1.29, 1.82) is 0 Å². The van der Waals surface area contributed by atoms with Gasteiger partial charge in [0.15, 0.2) is 0 Å². The number of hydrogen-bond acceptors (Lipinski definition) is 2. The zero-order valence-corrected chi connectivity index (χ0v) is 6.54. The predicted molar refractivity (Wildman–Crippen MR) is 40.4 cm³/mol. The Labute approximate surface area is 65.7 Å². The Morgan fingerprint density at radius 2 is 2.45 bits per heavy atom. The van der Waals surface area contributed by atoms with Gasteiger partial charge in [-0.2, -0.15) is 0 Å². The molecular weight excluding hydrogens is 144 g/mol. The minimum absolute atomic E-state index is 0.0334. The molecule has 0 amide bonds. The summed E-state index contributed by atoms with van der Waals surface area (Å²) in [4.78, 5) is 10.4. The molecule has 3 nitrogen and oxygen atoms in total. The summed E-state index contributed by atoms with van der Waals surface area (Å²) >= 11 is 0. The van der Waals surface area contributed by atoms with Crippen molar-refractivity contribution in [1.82, 2.24) is 0 Å². The molecule has 1 heterocycles.